The normalized spacial score (nSPS) is 12.3. The third-order valence-electron chi connectivity index (χ3n) is 10.3. The Kier molecular flexibility index (Phi) is 43.4. The third-order valence-corrected chi connectivity index (χ3v) is 10.3. The average Bonchev–Trinajstić information content (AvgIpc) is 3.19. The fourth-order valence-electron chi connectivity index (χ4n) is 6.65. The van der Waals surface area contributed by atoms with Gasteiger partial charge in [0.05, 0.1) is 0 Å². The van der Waals surface area contributed by atoms with E-state index in [9.17, 15) is 14.4 Å². The van der Waals surface area contributed by atoms with E-state index >= 15 is 0 Å². The van der Waals surface area contributed by atoms with Gasteiger partial charge in [-0.1, -0.05) is 173 Å². The lowest BCUT2D eigenvalue weighted by Crippen LogP contribution is -2.30. The Hall–Kier alpha value is -2.37. The molecular weight excluding hydrogens is 697 g/mol. The number of unbranched alkanes of at least 4 members (excludes halogenated alkanes) is 26. The van der Waals surface area contributed by atoms with E-state index in [0.29, 0.717) is 19.3 Å². The van der Waals surface area contributed by atoms with Gasteiger partial charge in [0.2, 0.25) is 0 Å². The van der Waals surface area contributed by atoms with Gasteiger partial charge in [0.1, 0.15) is 13.2 Å². The summed E-state index contributed by atoms with van der Waals surface area (Å²) in [5, 5.41) is 0. The van der Waals surface area contributed by atoms with Crippen molar-refractivity contribution < 1.29 is 28.6 Å². The molecule has 0 amide bonds. The average molecular weight is 787 g/mol. The number of ether oxygens (including phenoxy) is 3. The molecule has 0 N–H and O–H groups in total. The number of hydrogen-bond donors (Lipinski definition) is 0. The molecule has 0 heterocycles. The van der Waals surface area contributed by atoms with Crippen molar-refractivity contribution in [2.75, 3.05) is 13.2 Å². The number of esters is 3. The highest BCUT2D eigenvalue weighted by Gasteiger charge is 2.19. The van der Waals surface area contributed by atoms with Gasteiger partial charge in [0, 0.05) is 19.3 Å². The number of rotatable bonds is 43. The van der Waals surface area contributed by atoms with Gasteiger partial charge in [-0.05, 0) is 89.9 Å². The minimum atomic E-state index is -0.785. The molecule has 6 heteroatoms. The lowest BCUT2D eigenvalue weighted by atomic mass is 10.1. The van der Waals surface area contributed by atoms with E-state index in [1.54, 1.807) is 0 Å². The molecule has 0 radical (unpaired) electrons. The van der Waals surface area contributed by atoms with Crippen LogP contribution in [0.4, 0.5) is 0 Å². The Morgan fingerprint density at radius 1 is 0.339 bits per heavy atom. The molecule has 0 aromatic carbocycles. The Bertz CT molecular complexity index is 953. The van der Waals surface area contributed by atoms with E-state index in [1.807, 2.05) is 0 Å². The lowest BCUT2D eigenvalue weighted by Gasteiger charge is -2.18. The van der Waals surface area contributed by atoms with E-state index in [2.05, 4.69) is 57.2 Å². The monoisotopic (exact) mass is 787 g/mol. The van der Waals surface area contributed by atoms with Gasteiger partial charge in [0.15, 0.2) is 6.10 Å². The predicted molar refractivity (Wildman–Crippen MR) is 238 cm³/mol. The van der Waals surface area contributed by atoms with Crippen molar-refractivity contribution in [3.63, 3.8) is 0 Å². The quantitative estimate of drug-likeness (QED) is 0.0265. The molecule has 1 unspecified atom stereocenters. The van der Waals surface area contributed by atoms with E-state index in [-0.39, 0.29) is 31.1 Å². The van der Waals surface area contributed by atoms with E-state index in [0.717, 1.165) is 89.9 Å². The summed E-state index contributed by atoms with van der Waals surface area (Å²) < 4.78 is 16.7. The Morgan fingerprint density at radius 2 is 0.607 bits per heavy atom. The second kappa shape index (κ2) is 45.3. The van der Waals surface area contributed by atoms with Crippen LogP contribution in [-0.2, 0) is 28.6 Å². The summed E-state index contributed by atoms with van der Waals surface area (Å²) in [5.74, 6) is -0.925. The first-order chi connectivity index (χ1) is 27.5. The minimum absolute atomic E-state index is 0.0865. The van der Waals surface area contributed by atoms with Crippen molar-refractivity contribution in [1.29, 1.82) is 0 Å². The maximum Gasteiger partial charge on any atom is 0.306 e. The molecule has 56 heavy (non-hydrogen) atoms. The molecule has 6 nitrogen and oxygen atoms in total. The van der Waals surface area contributed by atoms with Crippen LogP contribution in [0.1, 0.15) is 245 Å². The molecule has 0 saturated heterocycles. The first-order valence-corrected chi connectivity index (χ1v) is 24.0. The molecule has 326 valence electrons. The Morgan fingerprint density at radius 3 is 0.964 bits per heavy atom. The van der Waals surface area contributed by atoms with E-state index < -0.39 is 6.10 Å². The van der Waals surface area contributed by atoms with Crippen LogP contribution < -0.4 is 0 Å². The maximum atomic E-state index is 12.7. The molecule has 0 spiro atoms. The van der Waals surface area contributed by atoms with Crippen molar-refractivity contribution in [3.05, 3.63) is 36.5 Å². The molecule has 0 fully saturated rings. The van der Waals surface area contributed by atoms with Gasteiger partial charge in [-0.2, -0.15) is 0 Å². The fraction of sp³-hybridized carbons (Fsp3) is 0.820. The molecule has 0 aliphatic carbocycles. The van der Waals surface area contributed by atoms with Crippen LogP contribution in [-0.4, -0.2) is 37.2 Å². The zero-order valence-electron chi connectivity index (χ0n) is 37.2. The van der Waals surface area contributed by atoms with Crippen molar-refractivity contribution in [1.82, 2.24) is 0 Å². The summed E-state index contributed by atoms with van der Waals surface area (Å²) >= 11 is 0. The summed E-state index contributed by atoms with van der Waals surface area (Å²) in [6, 6.07) is 0. The summed E-state index contributed by atoms with van der Waals surface area (Å²) in [6.07, 6.45) is 51.2. The second-order valence-electron chi connectivity index (χ2n) is 16.0. The Balaban J connectivity index is 4.41. The largest absolute Gasteiger partial charge is 0.462 e. The minimum Gasteiger partial charge on any atom is -0.462 e. The molecule has 0 aromatic heterocycles. The number of hydrogen-bond acceptors (Lipinski definition) is 6. The lowest BCUT2D eigenvalue weighted by molar-refractivity contribution is -0.167. The predicted octanol–water partition coefficient (Wildman–Crippen LogP) is 15.4. The van der Waals surface area contributed by atoms with Gasteiger partial charge in [-0.25, -0.2) is 0 Å². The van der Waals surface area contributed by atoms with Crippen molar-refractivity contribution in [2.24, 2.45) is 0 Å². The van der Waals surface area contributed by atoms with Crippen LogP contribution in [0.15, 0.2) is 36.5 Å². The SMILES string of the molecule is CCCC/C=C\CCCCCCCC(=O)OCC(COC(=O)CCCCC/C=C\CCCCCCCCC)OC(=O)CCCCC/C=C\CCCCCCCC. The van der Waals surface area contributed by atoms with Crippen LogP contribution in [0.2, 0.25) is 0 Å². The molecule has 0 aliphatic rings. The first-order valence-electron chi connectivity index (χ1n) is 24.0. The van der Waals surface area contributed by atoms with Crippen LogP contribution in [0, 0.1) is 0 Å². The fourth-order valence-corrected chi connectivity index (χ4v) is 6.65. The van der Waals surface area contributed by atoms with Crippen LogP contribution in [0.3, 0.4) is 0 Å². The van der Waals surface area contributed by atoms with Gasteiger partial charge >= 0.3 is 17.9 Å². The van der Waals surface area contributed by atoms with Crippen molar-refractivity contribution in [2.45, 2.75) is 252 Å². The van der Waals surface area contributed by atoms with Gasteiger partial charge in [0.25, 0.3) is 0 Å². The molecule has 0 saturated carbocycles. The number of allylic oxidation sites excluding steroid dienone is 6. The van der Waals surface area contributed by atoms with Gasteiger partial charge in [-0.3, -0.25) is 14.4 Å². The molecule has 0 aliphatic heterocycles. The molecular formula is C50H90O6. The molecule has 0 bridgehead atoms. The highest BCUT2D eigenvalue weighted by molar-refractivity contribution is 5.71. The van der Waals surface area contributed by atoms with E-state index in [4.69, 9.17) is 14.2 Å². The molecule has 0 aromatic rings. The zero-order chi connectivity index (χ0) is 40.8. The smallest absolute Gasteiger partial charge is 0.306 e. The van der Waals surface area contributed by atoms with Crippen LogP contribution in [0.5, 0.6) is 0 Å². The second-order valence-corrected chi connectivity index (χ2v) is 16.0. The summed E-state index contributed by atoms with van der Waals surface area (Å²) in [7, 11) is 0. The first kappa shape index (κ1) is 53.6. The highest BCUT2D eigenvalue weighted by Crippen LogP contribution is 2.13. The standard InChI is InChI=1S/C50H90O6/c1-4-7-10-13-16-19-22-24-26-28-31-34-37-40-43-49(52)55-46-47(45-54-48(51)42-39-36-33-30-27-21-18-15-12-9-6-3)56-50(53)44-41-38-35-32-29-25-23-20-17-14-11-8-5-2/h15,18,25-26,28-29,47H,4-14,16-17,19-24,27,30-46H2,1-3H3/b18-15-,28-26-,29-25-. The summed E-state index contributed by atoms with van der Waals surface area (Å²) in [5.41, 5.74) is 0. The molecule has 1 atom stereocenters. The molecule has 0 rings (SSSR count). The zero-order valence-corrected chi connectivity index (χ0v) is 37.2. The van der Waals surface area contributed by atoms with Gasteiger partial charge in [-0.15, -0.1) is 0 Å². The highest BCUT2D eigenvalue weighted by atomic mass is 16.6. The summed E-state index contributed by atoms with van der Waals surface area (Å²) in [4.78, 5) is 37.8. The number of carbonyl (C=O) groups is 3. The summed E-state index contributed by atoms with van der Waals surface area (Å²) in [6.45, 7) is 6.55. The maximum absolute atomic E-state index is 12.7. The van der Waals surface area contributed by atoms with E-state index in [1.165, 1.54) is 116 Å². The Labute approximate surface area is 346 Å². The topological polar surface area (TPSA) is 78.9 Å². The van der Waals surface area contributed by atoms with Crippen LogP contribution in [0.25, 0.3) is 0 Å². The number of carbonyl (C=O) groups excluding carboxylic acids is 3. The van der Waals surface area contributed by atoms with Crippen LogP contribution >= 0.6 is 0 Å². The van der Waals surface area contributed by atoms with Gasteiger partial charge < -0.3 is 14.2 Å². The van der Waals surface area contributed by atoms with Crippen molar-refractivity contribution in [3.8, 4) is 0 Å². The third kappa shape index (κ3) is 42.8. The van der Waals surface area contributed by atoms with Crippen molar-refractivity contribution >= 4 is 17.9 Å².